The molecule has 5 nitrogen and oxygen atoms in total. The van der Waals surface area contributed by atoms with Crippen molar-refractivity contribution in [1.82, 2.24) is 4.31 Å². The third-order valence-electron chi connectivity index (χ3n) is 3.73. The van der Waals surface area contributed by atoms with E-state index in [0.717, 1.165) is 12.5 Å². The summed E-state index contributed by atoms with van der Waals surface area (Å²) in [6, 6.07) is 5.72. The number of halogens is 1. The molecule has 0 bridgehead atoms. The second-order valence-electron chi connectivity index (χ2n) is 5.41. The first-order valence-corrected chi connectivity index (χ1v) is 8.60. The highest BCUT2D eigenvalue weighted by Gasteiger charge is 2.29. The number of sulfonamides is 1. The number of nitrogens with zero attached hydrogens (tertiary/aromatic N) is 2. The van der Waals surface area contributed by atoms with Crippen LogP contribution in [0.25, 0.3) is 0 Å². The zero-order chi connectivity index (χ0) is 16.2. The van der Waals surface area contributed by atoms with Crippen molar-refractivity contribution >= 4 is 10.0 Å². The van der Waals surface area contributed by atoms with E-state index < -0.39 is 15.8 Å². The Balaban J connectivity index is 2.26. The van der Waals surface area contributed by atoms with Gasteiger partial charge in [-0.2, -0.15) is 9.57 Å². The van der Waals surface area contributed by atoms with Crippen molar-refractivity contribution in [1.29, 1.82) is 5.26 Å². The molecule has 0 unspecified atom stereocenters. The van der Waals surface area contributed by atoms with Crippen molar-refractivity contribution in [3.8, 4) is 6.07 Å². The summed E-state index contributed by atoms with van der Waals surface area (Å²) >= 11 is 0. The Labute approximate surface area is 130 Å². The van der Waals surface area contributed by atoms with Gasteiger partial charge in [-0.1, -0.05) is 0 Å². The molecule has 0 aromatic heterocycles. The van der Waals surface area contributed by atoms with Crippen LogP contribution in [0, 0.1) is 30.0 Å². The molecule has 2 rings (SSSR count). The molecule has 7 heteroatoms. The van der Waals surface area contributed by atoms with Crippen LogP contribution in [0.15, 0.2) is 23.1 Å². The molecule has 0 radical (unpaired) electrons. The monoisotopic (exact) mass is 326 g/mol. The Morgan fingerprint density at radius 2 is 2.27 bits per heavy atom. The van der Waals surface area contributed by atoms with E-state index in [1.165, 1.54) is 23.4 Å². The van der Waals surface area contributed by atoms with Gasteiger partial charge in [-0.15, -0.1) is 0 Å². The van der Waals surface area contributed by atoms with Crippen LogP contribution in [-0.2, 0) is 14.8 Å². The van der Waals surface area contributed by atoms with E-state index in [4.69, 9.17) is 10.00 Å². The molecule has 0 spiro atoms. The third-order valence-corrected chi connectivity index (χ3v) is 5.59. The Bertz CT molecular complexity index is 664. The second kappa shape index (κ2) is 7.18. The molecule has 0 amide bonds. The first-order valence-electron chi connectivity index (χ1n) is 7.16. The van der Waals surface area contributed by atoms with Crippen molar-refractivity contribution in [2.45, 2.75) is 24.7 Å². The first kappa shape index (κ1) is 16.9. The summed E-state index contributed by atoms with van der Waals surface area (Å²) < 4.78 is 45.4. The highest BCUT2D eigenvalue weighted by atomic mass is 32.2. The summed E-state index contributed by atoms with van der Waals surface area (Å²) in [5.74, 6) is -0.304. The van der Waals surface area contributed by atoms with E-state index in [-0.39, 0.29) is 29.3 Å². The number of hydrogen-bond acceptors (Lipinski definition) is 4. The summed E-state index contributed by atoms with van der Waals surface area (Å²) in [6.07, 6.45) is 0.925. The van der Waals surface area contributed by atoms with Crippen LogP contribution in [0.5, 0.6) is 0 Å². The largest absolute Gasteiger partial charge is 0.381 e. The quantitative estimate of drug-likeness (QED) is 0.802. The van der Waals surface area contributed by atoms with Gasteiger partial charge in [0.1, 0.15) is 5.82 Å². The zero-order valence-electron chi connectivity index (χ0n) is 12.5. The van der Waals surface area contributed by atoms with Crippen molar-refractivity contribution in [3.63, 3.8) is 0 Å². The first-order chi connectivity index (χ1) is 10.4. The highest BCUT2D eigenvalue weighted by Crippen LogP contribution is 2.22. The lowest BCUT2D eigenvalue weighted by Crippen LogP contribution is -2.36. The highest BCUT2D eigenvalue weighted by molar-refractivity contribution is 7.89. The molecule has 120 valence electrons. The van der Waals surface area contributed by atoms with Crippen molar-refractivity contribution in [2.75, 3.05) is 26.3 Å². The van der Waals surface area contributed by atoms with Crippen molar-refractivity contribution in [2.24, 2.45) is 5.92 Å². The lowest BCUT2D eigenvalue weighted by atomic mass is 10.1. The van der Waals surface area contributed by atoms with Crippen LogP contribution in [0.3, 0.4) is 0 Å². The fourth-order valence-electron chi connectivity index (χ4n) is 2.43. The molecule has 1 heterocycles. The maximum atomic E-state index is 13.4. The molecule has 0 N–H and O–H groups in total. The minimum absolute atomic E-state index is 0.0586. The van der Waals surface area contributed by atoms with Gasteiger partial charge in [0.05, 0.1) is 17.6 Å². The molecule has 1 saturated heterocycles. The molecular formula is C15H19FN2O3S. The van der Waals surface area contributed by atoms with Crippen LogP contribution >= 0.6 is 0 Å². The average molecular weight is 326 g/mol. The summed E-state index contributed by atoms with van der Waals surface area (Å²) in [5, 5.41) is 8.75. The fraction of sp³-hybridized carbons (Fsp3) is 0.533. The Kier molecular flexibility index (Phi) is 5.51. The Hall–Kier alpha value is -1.49. The maximum absolute atomic E-state index is 13.4. The summed E-state index contributed by atoms with van der Waals surface area (Å²) in [5.41, 5.74) is 0.283. The molecule has 1 aromatic rings. The maximum Gasteiger partial charge on any atom is 0.243 e. The van der Waals surface area contributed by atoms with Gasteiger partial charge >= 0.3 is 0 Å². The lowest BCUT2D eigenvalue weighted by Gasteiger charge is -2.24. The SMILES string of the molecule is Cc1cc(S(=O)(=O)N(CCC#N)C[C@H]2CCOC2)ccc1F. The Morgan fingerprint density at radius 1 is 1.50 bits per heavy atom. The van der Waals surface area contributed by atoms with E-state index in [1.54, 1.807) is 0 Å². The molecule has 1 atom stereocenters. The molecular weight excluding hydrogens is 307 g/mol. The average Bonchev–Trinajstić information content (AvgIpc) is 2.99. The Morgan fingerprint density at radius 3 is 2.86 bits per heavy atom. The van der Waals surface area contributed by atoms with Gasteiger partial charge in [-0.25, -0.2) is 12.8 Å². The van der Waals surface area contributed by atoms with Crippen LogP contribution in [0.1, 0.15) is 18.4 Å². The minimum Gasteiger partial charge on any atom is -0.381 e. The van der Waals surface area contributed by atoms with Gasteiger partial charge in [0.15, 0.2) is 0 Å². The fourth-order valence-corrected chi connectivity index (χ4v) is 4.03. The summed E-state index contributed by atoms with van der Waals surface area (Å²) in [6.45, 7) is 3.14. The number of hydrogen-bond donors (Lipinski definition) is 0. The third kappa shape index (κ3) is 3.83. The topological polar surface area (TPSA) is 70.4 Å². The molecule has 1 fully saturated rings. The predicted octanol–water partition coefficient (Wildman–Crippen LogP) is 2.08. The number of rotatable bonds is 6. The van der Waals surface area contributed by atoms with Crippen LogP contribution in [-0.4, -0.2) is 39.0 Å². The smallest absolute Gasteiger partial charge is 0.243 e. The van der Waals surface area contributed by atoms with Crippen LogP contribution in [0.2, 0.25) is 0 Å². The zero-order valence-corrected chi connectivity index (χ0v) is 13.3. The predicted molar refractivity (Wildman–Crippen MR) is 79.1 cm³/mol. The van der Waals surface area contributed by atoms with E-state index >= 15 is 0 Å². The van der Waals surface area contributed by atoms with Gasteiger partial charge in [0, 0.05) is 26.1 Å². The van der Waals surface area contributed by atoms with E-state index in [2.05, 4.69) is 0 Å². The summed E-state index contributed by atoms with van der Waals surface area (Å²) in [4.78, 5) is 0.0586. The second-order valence-corrected chi connectivity index (χ2v) is 7.35. The van der Waals surface area contributed by atoms with Crippen LogP contribution < -0.4 is 0 Å². The number of ether oxygens (including phenoxy) is 1. The van der Waals surface area contributed by atoms with Crippen LogP contribution in [0.4, 0.5) is 4.39 Å². The number of benzene rings is 1. The van der Waals surface area contributed by atoms with Crippen molar-refractivity contribution < 1.29 is 17.5 Å². The molecule has 1 aromatic carbocycles. The van der Waals surface area contributed by atoms with Gasteiger partial charge in [0.2, 0.25) is 10.0 Å². The van der Waals surface area contributed by atoms with Gasteiger partial charge in [-0.3, -0.25) is 0 Å². The number of nitriles is 1. The molecule has 0 aliphatic carbocycles. The molecule has 1 aliphatic rings. The van der Waals surface area contributed by atoms with Gasteiger partial charge < -0.3 is 4.74 Å². The van der Waals surface area contributed by atoms with Gasteiger partial charge in [-0.05, 0) is 43.0 Å². The molecule has 1 aliphatic heterocycles. The van der Waals surface area contributed by atoms with E-state index in [1.807, 2.05) is 6.07 Å². The van der Waals surface area contributed by atoms with Crippen molar-refractivity contribution in [3.05, 3.63) is 29.6 Å². The number of aryl methyl sites for hydroxylation is 1. The standard InChI is InChI=1S/C15H19FN2O3S/c1-12-9-14(3-4-15(12)16)22(19,20)18(7-2-6-17)10-13-5-8-21-11-13/h3-4,9,13H,2,5,7-8,10-11H2,1H3/t13-/m1/s1. The van der Waals surface area contributed by atoms with E-state index in [9.17, 15) is 12.8 Å². The van der Waals surface area contributed by atoms with Gasteiger partial charge in [0.25, 0.3) is 0 Å². The van der Waals surface area contributed by atoms with E-state index in [0.29, 0.717) is 19.8 Å². The normalized spacial score (nSPS) is 18.5. The lowest BCUT2D eigenvalue weighted by molar-refractivity contribution is 0.180. The summed E-state index contributed by atoms with van der Waals surface area (Å²) in [7, 11) is -3.74. The minimum atomic E-state index is -3.74. The molecule has 0 saturated carbocycles. The molecule has 22 heavy (non-hydrogen) atoms.